The minimum atomic E-state index is -0.326. The second kappa shape index (κ2) is 6.95. The molecular formula is C12H17FN2O. The number of halogens is 1. The van der Waals surface area contributed by atoms with Crippen LogP contribution in [0, 0.1) is 5.82 Å². The number of nitrogens with one attached hydrogen (secondary N) is 2. The molecule has 1 aromatic carbocycles. The molecule has 0 unspecified atom stereocenters. The highest BCUT2D eigenvalue weighted by Crippen LogP contribution is 2.06. The van der Waals surface area contributed by atoms with E-state index in [-0.39, 0.29) is 18.1 Å². The van der Waals surface area contributed by atoms with Crippen molar-refractivity contribution in [3.8, 4) is 0 Å². The average Bonchev–Trinajstić information content (AvgIpc) is 2.28. The number of rotatable bonds is 6. The van der Waals surface area contributed by atoms with Crippen molar-refractivity contribution in [3.05, 3.63) is 35.6 Å². The van der Waals surface area contributed by atoms with Crippen LogP contribution >= 0.6 is 0 Å². The molecule has 0 spiro atoms. The third kappa shape index (κ3) is 4.40. The van der Waals surface area contributed by atoms with E-state index in [1.807, 2.05) is 7.05 Å². The Morgan fingerprint density at radius 1 is 1.31 bits per heavy atom. The number of benzene rings is 1. The van der Waals surface area contributed by atoms with E-state index >= 15 is 0 Å². The van der Waals surface area contributed by atoms with Gasteiger partial charge in [-0.1, -0.05) is 18.2 Å². The van der Waals surface area contributed by atoms with Crippen LogP contribution in [-0.2, 0) is 11.2 Å². The second-order valence-electron chi connectivity index (χ2n) is 3.58. The highest BCUT2D eigenvalue weighted by atomic mass is 19.1. The van der Waals surface area contributed by atoms with Gasteiger partial charge in [0.2, 0.25) is 5.91 Å². The third-order valence-electron chi connectivity index (χ3n) is 2.23. The fourth-order valence-electron chi connectivity index (χ4n) is 1.37. The van der Waals surface area contributed by atoms with E-state index in [0.29, 0.717) is 12.1 Å². The smallest absolute Gasteiger partial charge is 0.224 e. The van der Waals surface area contributed by atoms with E-state index in [0.717, 1.165) is 13.0 Å². The minimum Gasteiger partial charge on any atom is -0.356 e. The van der Waals surface area contributed by atoms with Crippen molar-refractivity contribution in [2.24, 2.45) is 0 Å². The van der Waals surface area contributed by atoms with Crippen LogP contribution in [0.3, 0.4) is 0 Å². The molecule has 0 atom stereocenters. The molecule has 3 nitrogen and oxygen atoms in total. The van der Waals surface area contributed by atoms with Crippen LogP contribution < -0.4 is 10.6 Å². The number of hydrogen-bond acceptors (Lipinski definition) is 2. The zero-order valence-electron chi connectivity index (χ0n) is 9.42. The Morgan fingerprint density at radius 3 is 2.75 bits per heavy atom. The first-order chi connectivity index (χ1) is 7.74. The molecule has 1 aromatic rings. The zero-order valence-corrected chi connectivity index (χ0v) is 9.42. The van der Waals surface area contributed by atoms with Crippen LogP contribution in [0.5, 0.6) is 0 Å². The standard InChI is InChI=1S/C12H17FN2O/c1-14-7-4-8-15-12(16)9-10-5-2-3-6-11(10)13/h2-3,5-6,14H,4,7-9H2,1H3,(H,15,16). The molecule has 1 amide bonds. The molecule has 0 saturated heterocycles. The lowest BCUT2D eigenvalue weighted by Gasteiger charge is -2.05. The number of hydrogen-bond donors (Lipinski definition) is 2. The van der Waals surface area contributed by atoms with E-state index in [1.165, 1.54) is 6.07 Å². The topological polar surface area (TPSA) is 41.1 Å². The molecule has 0 fully saturated rings. The van der Waals surface area contributed by atoms with Crippen molar-refractivity contribution in [2.45, 2.75) is 12.8 Å². The van der Waals surface area contributed by atoms with Gasteiger partial charge >= 0.3 is 0 Å². The van der Waals surface area contributed by atoms with Gasteiger partial charge in [-0.2, -0.15) is 0 Å². The van der Waals surface area contributed by atoms with E-state index in [4.69, 9.17) is 0 Å². The minimum absolute atomic E-state index is 0.103. The van der Waals surface area contributed by atoms with Gasteiger partial charge in [0.05, 0.1) is 6.42 Å². The molecule has 4 heteroatoms. The van der Waals surface area contributed by atoms with Gasteiger partial charge in [0, 0.05) is 6.54 Å². The summed E-state index contributed by atoms with van der Waals surface area (Å²) in [5, 5.41) is 5.74. The van der Waals surface area contributed by atoms with Crippen molar-refractivity contribution < 1.29 is 9.18 Å². The fraction of sp³-hybridized carbons (Fsp3) is 0.417. The van der Waals surface area contributed by atoms with Gasteiger partial charge < -0.3 is 10.6 Å². The van der Waals surface area contributed by atoms with Gasteiger partial charge in [0.25, 0.3) is 0 Å². The quantitative estimate of drug-likeness (QED) is 0.710. The summed E-state index contributed by atoms with van der Waals surface area (Å²) in [6.07, 6.45) is 0.978. The van der Waals surface area contributed by atoms with Crippen molar-refractivity contribution in [1.29, 1.82) is 0 Å². The monoisotopic (exact) mass is 224 g/mol. The summed E-state index contributed by atoms with van der Waals surface area (Å²) in [5.41, 5.74) is 0.439. The molecule has 88 valence electrons. The average molecular weight is 224 g/mol. The molecular weight excluding hydrogens is 207 g/mol. The molecule has 0 aliphatic heterocycles. The van der Waals surface area contributed by atoms with Gasteiger partial charge in [-0.15, -0.1) is 0 Å². The Labute approximate surface area is 95.0 Å². The molecule has 0 heterocycles. The Hall–Kier alpha value is -1.42. The van der Waals surface area contributed by atoms with Gasteiger partial charge in [-0.25, -0.2) is 4.39 Å². The van der Waals surface area contributed by atoms with E-state index in [9.17, 15) is 9.18 Å². The lowest BCUT2D eigenvalue weighted by molar-refractivity contribution is -0.120. The normalized spacial score (nSPS) is 10.1. The van der Waals surface area contributed by atoms with Crippen LogP contribution in [0.25, 0.3) is 0 Å². The first-order valence-electron chi connectivity index (χ1n) is 5.38. The van der Waals surface area contributed by atoms with Gasteiger partial charge in [-0.3, -0.25) is 4.79 Å². The van der Waals surface area contributed by atoms with E-state index < -0.39 is 0 Å². The lowest BCUT2D eigenvalue weighted by Crippen LogP contribution is -2.28. The summed E-state index contributed by atoms with van der Waals surface area (Å²) in [4.78, 5) is 11.4. The molecule has 0 bridgehead atoms. The second-order valence-corrected chi connectivity index (χ2v) is 3.58. The summed E-state index contributed by atoms with van der Waals surface area (Å²) in [7, 11) is 1.86. The highest BCUT2D eigenvalue weighted by molar-refractivity contribution is 5.78. The zero-order chi connectivity index (χ0) is 11.8. The maximum Gasteiger partial charge on any atom is 0.224 e. The first kappa shape index (κ1) is 12.6. The Balaban J connectivity index is 2.32. The van der Waals surface area contributed by atoms with Gasteiger partial charge in [0.15, 0.2) is 0 Å². The van der Waals surface area contributed by atoms with Crippen LogP contribution in [0.4, 0.5) is 4.39 Å². The number of amides is 1. The highest BCUT2D eigenvalue weighted by Gasteiger charge is 2.06. The van der Waals surface area contributed by atoms with Crippen molar-refractivity contribution in [2.75, 3.05) is 20.1 Å². The number of carbonyl (C=O) groups is 1. The Kier molecular flexibility index (Phi) is 5.50. The lowest BCUT2D eigenvalue weighted by atomic mass is 10.1. The summed E-state index contributed by atoms with van der Waals surface area (Å²) < 4.78 is 13.2. The van der Waals surface area contributed by atoms with Gasteiger partial charge in [0.1, 0.15) is 5.82 Å². The molecule has 0 aliphatic carbocycles. The molecule has 0 aliphatic rings. The first-order valence-corrected chi connectivity index (χ1v) is 5.38. The molecule has 0 saturated carbocycles. The van der Waals surface area contributed by atoms with Gasteiger partial charge in [-0.05, 0) is 31.6 Å². The fourth-order valence-corrected chi connectivity index (χ4v) is 1.37. The molecule has 1 rings (SSSR count). The predicted molar refractivity (Wildman–Crippen MR) is 61.7 cm³/mol. The Morgan fingerprint density at radius 2 is 2.06 bits per heavy atom. The largest absolute Gasteiger partial charge is 0.356 e. The number of carbonyl (C=O) groups excluding carboxylic acids is 1. The summed E-state index contributed by atoms with van der Waals surface area (Å²) >= 11 is 0. The molecule has 0 radical (unpaired) electrons. The van der Waals surface area contributed by atoms with Crippen molar-refractivity contribution >= 4 is 5.91 Å². The predicted octanol–water partition coefficient (Wildman–Crippen LogP) is 1.09. The van der Waals surface area contributed by atoms with E-state index in [2.05, 4.69) is 10.6 Å². The van der Waals surface area contributed by atoms with Crippen molar-refractivity contribution in [1.82, 2.24) is 10.6 Å². The van der Waals surface area contributed by atoms with Crippen molar-refractivity contribution in [3.63, 3.8) is 0 Å². The SMILES string of the molecule is CNCCCNC(=O)Cc1ccccc1F. The maximum atomic E-state index is 13.2. The Bertz CT molecular complexity index is 342. The van der Waals surface area contributed by atoms with E-state index in [1.54, 1.807) is 18.2 Å². The summed E-state index contributed by atoms with van der Waals surface area (Å²) in [5.74, 6) is -0.464. The summed E-state index contributed by atoms with van der Waals surface area (Å²) in [6.45, 7) is 1.48. The summed E-state index contributed by atoms with van der Waals surface area (Å²) in [6, 6.07) is 6.34. The van der Waals surface area contributed by atoms with Crippen LogP contribution in [-0.4, -0.2) is 26.0 Å². The molecule has 2 N–H and O–H groups in total. The third-order valence-corrected chi connectivity index (χ3v) is 2.23. The molecule has 0 aromatic heterocycles. The molecule has 16 heavy (non-hydrogen) atoms. The maximum absolute atomic E-state index is 13.2. The van der Waals surface area contributed by atoms with Crippen LogP contribution in [0.2, 0.25) is 0 Å². The van der Waals surface area contributed by atoms with Crippen LogP contribution in [0.1, 0.15) is 12.0 Å². The van der Waals surface area contributed by atoms with Crippen LogP contribution in [0.15, 0.2) is 24.3 Å².